The Hall–Kier alpha value is -2.28. The average molecular weight is 279 g/mol. The van der Waals surface area contributed by atoms with E-state index in [1.54, 1.807) is 32.4 Å². The minimum atomic E-state index is -0.454. The SMILES string of the molecule is COc1cc(NC(=O)C2CNC(=O)CN2)cc(OC)c1. The molecule has 1 aliphatic rings. The number of amides is 2. The van der Waals surface area contributed by atoms with Crippen LogP contribution in [0.2, 0.25) is 0 Å². The molecule has 2 amide bonds. The highest BCUT2D eigenvalue weighted by Gasteiger charge is 2.23. The summed E-state index contributed by atoms with van der Waals surface area (Å²) in [6, 6.07) is 4.66. The van der Waals surface area contributed by atoms with Gasteiger partial charge in [-0.3, -0.25) is 14.9 Å². The van der Waals surface area contributed by atoms with E-state index in [0.717, 1.165) is 0 Å². The lowest BCUT2D eigenvalue weighted by Gasteiger charge is -2.23. The topological polar surface area (TPSA) is 88.7 Å². The molecule has 1 aliphatic heterocycles. The van der Waals surface area contributed by atoms with Crippen molar-refractivity contribution in [3.8, 4) is 11.5 Å². The second kappa shape index (κ2) is 6.25. The van der Waals surface area contributed by atoms with Gasteiger partial charge in [-0.05, 0) is 0 Å². The summed E-state index contributed by atoms with van der Waals surface area (Å²) in [5.74, 6) is 0.839. The molecule has 0 radical (unpaired) electrons. The molecule has 0 aliphatic carbocycles. The molecule has 1 fully saturated rings. The number of methoxy groups -OCH3 is 2. The quantitative estimate of drug-likeness (QED) is 0.706. The van der Waals surface area contributed by atoms with Gasteiger partial charge in [-0.1, -0.05) is 0 Å². The Morgan fingerprint density at radius 1 is 1.25 bits per heavy atom. The van der Waals surface area contributed by atoms with Crippen molar-refractivity contribution in [1.82, 2.24) is 10.6 Å². The lowest BCUT2D eigenvalue weighted by Crippen LogP contribution is -2.56. The van der Waals surface area contributed by atoms with Crippen LogP contribution in [0.15, 0.2) is 18.2 Å². The molecule has 1 aromatic rings. The highest BCUT2D eigenvalue weighted by molar-refractivity contribution is 5.96. The Kier molecular flexibility index (Phi) is 4.41. The summed E-state index contributed by atoms with van der Waals surface area (Å²) in [7, 11) is 3.08. The predicted octanol–water partition coefficient (Wildman–Crippen LogP) is -0.270. The molecule has 0 spiro atoms. The summed E-state index contributed by atoms with van der Waals surface area (Å²) in [4.78, 5) is 23.1. The molecular formula is C13H17N3O4. The van der Waals surface area contributed by atoms with E-state index < -0.39 is 6.04 Å². The summed E-state index contributed by atoms with van der Waals surface area (Å²) >= 11 is 0. The third-order valence-corrected chi connectivity index (χ3v) is 2.95. The third kappa shape index (κ3) is 3.39. The molecule has 0 aromatic heterocycles. The van der Waals surface area contributed by atoms with Crippen LogP contribution in [0.25, 0.3) is 0 Å². The van der Waals surface area contributed by atoms with Crippen LogP contribution in [-0.2, 0) is 9.59 Å². The van der Waals surface area contributed by atoms with Crippen molar-refractivity contribution < 1.29 is 19.1 Å². The zero-order valence-electron chi connectivity index (χ0n) is 11.4. The van der Waals surface area contributed by atoms with Crippen molar-refractivity contribution in [1.29, 1.82) is 0 Å². The van der Waals surface area contributed by atoms with Gasteiger partial charge in [0.15, 0.2) is 0 Å². The van der Waals surface area contributed by atoms with E-state index in [0.29, 0.717) is 17.2 Å². The van der Waals surface area contributed by atoms with Crippen molar-refractivity contribution in [2.24, 2.45) is 0 Å². The van der Waals surface area contributed by atoms with Gasteiger partial charge < -0.3 is 20.1 Å². The fourth-order valence-corrected chi connectivity index (χ4v) is 1.86. The van der Waals surface area contributed by atoms with Crippen LogP contribution < -0.4 is 25.4 Å². The van der Waals surface area contributed by atoms with E-state index in [9.17, 15) is 9.59 Å². The lowest BCUT2D eigenvalue weighted by molar-refractivity contribution is -0.124. The highest BCUT2D eigenvalue weighted by Crippen LogP contribution is 2.25. The Morgan fingerprint density at radius 2 is 1.90 bits per heavy atom. The standard InChI is InChI=1S/C13H17N3O4/c1-19-9-3-8(4-10(5-9)20-2)16-13(18)11-6-15-12(17)7-14-11/h3-5,11,14H,6-7H2,1-2H3,(H,15,17)(H,16,18). The molecule has 1 saturated heterocycles. The van der Waals surface area contributed by atoms with Gasteiger partial charge in [0.05, 0.1) is 20.8 Å². The zero-order valence-corrected chi connectivity index (χ0v) is 11.4. The number of carbonyl (C=O) groups is 2. The number of carbonyl (C=O) groups excluding carboxylic acids is 2. The smallest absolute Gasteiger partial charge is 0.243 e. The molecular weight excluding hydrogens is 262 g/mol. The molecule has 3 N–H and O–H groups in total. The predicted molar refractivity (Wildman–Crippen MR) is 73.0 cm³/mol. The first-order chi connectivity index (χ1) is 9.62. The van der Waals surface area contributed by atoms with Gasteiger partial charge in [0.2, 0.25) is 11.8 Å². The summed E-state index contributed by atoms with van der Waals surface area (Å²) in [6.45, 7) is 0.408. The first-order valence-electron chi connectivity index (χ1n) is 6.16. The molecule has 1 unspecified atom stereocenters. The van der Waals surface area contributed by atoms with E-state index in [4.69, 9.17) is 9.47 Å². The molecule has 20 heavy (non-hydrogen) atoms. The van der Waals surface area contributed by atoms with Gasteiger partial charge in [-0.25, -0.2) is 0 Å². The Balaban J connectivity index is 2.05. The van der Waals surface area contributed by atoms with E-state index >= 15 is 0 Å². The van der Waals surface area contributed by atoms with Crippen LogP contribution >= 0.6 is 0 Å². The third-order valence-electron chi connectivity index (χ3n) is 2.95. The average Bonchev–Trinajstić information content (AvgIpc) is 2.47. The van der Waals surface area contributed by atoms with E-state index in [1.807, 2.05) is 0 Å². The molecule has 7 nitrogen and oxygen atoms in total. The van der Waals surface area contributed by atoms with Crippen LogP contribution in [0.3, 0.4) is 0 Å². The number of hydrogen-bond donors (Lipinski definition) is 3. The molecule has 0 bridgehead atoms. The second-order valence-electron chi connectivity index (χ2n) is 4.33. The Bertz CT molecular complexity index is 486. The molecule has 108 valence electrons. The largest absolute Gasteiger partial charge is 0.497 e. The van der Waals surface area contributed by atoms with Crippen molar-refractivity contribution in [2.75, 3.05) is 32.6 Å². The van der Waals surface area contributed by atoms with Gasteiger partial charge in [0.1, 0.15) is 17.5 Å². The monoisotopic (exact) mass is 279 g/mol. The van der Waals surface area contributed by atoms with Gasteiger partial charge in [0, 0.05) is 30.4 Å². The first-order valence-corrected chi connectivity index (χ1v) is 6.16. The van der Waals surface area contributed by atoms with Crippen LogP contribution in [0.5, 0.6) is 11.5 Å². The fourth-order valence-electron chi connectivity index (χ4n) is 1.86. The number of ether oxygens (including phenoxy) is 2. The van der Waals surface area contributed by atoms with Crippen molar-refractivity contribution in [3.63, 3.8) is 0 Å². The lowest BCUT2D eigenvalue weighted by atomic mass is 10.2. The second-order valence-corrected chi connectivity index (χ2v) is 4.33. The van der Waals surface area contributed by atoms with Gasteiger partial charge in [0.25, 0.3) is 0 Å². The molecule has 1 atom stereocenters. The minimum Gasteiger partial charge on any atom is -0.497 e. The maximum Gasteiger partial charge on any atom is 0.243 e. The van der Waals surface area contributed by atoms with E-state index in [1.165, 1.54) is 0 Å². The summed E-state index contributed by atoms with van der Waals surface area (Å²) in [5.41, 5.74) is 0.574. The number of nitrogens with one attached hydrogen (secondary N) is 3. The van der Waals surface area contributed by atoms with Crippen LogP contribution in [0.4, 0.5) is 5.69 Å². The maximum absolute atomic E-state index is 12.1. The van der Waals surface area contributed by atoms with Crippen LogP contribution in [0, 0.1) is 0 Å². The maximum atomic E-state index is 12.1. The summed E-state index contributed by atoms with van der Waals surface area (Å²) in [5, 5.41) is 8.25. The first kappa shape index (κ1) is 14.1. The number of benzene rings is 1. The zero-order chi connectivity index (χ0) is 14.5. The van der Waals surface area contributed by atoms with Gasteiger partial charge >= 0.3 is 0 Å². The molecule has 2 rings (SSSR count). The number of hydrogen-bond acceptors (Lipinski definition) is 5. The summed E-state index contributed by atoms with van der Waals surface area (Å²) in [6.07, 6.45) is 0. The number of anilines is 1. The van der Waals surface area contributed by atoms with Crippen molar-refractivity contribution in [3.05, 3.63) is 18.2 Å². The number of piperazine rings is 1. The fraction of sp³-hybridized carbons (Fsp3) is 0.385. The van der Waals surface area contributed by atoms with Gasteiger partial charge in [-0.15, -0.1) is 0 Å². The molecule has 0 saturated carbocycles. The Labute approximate surface area is 116 Å². The normalized spacial score (nSPS) is 18.1. The van der Waals surface area contributed by atoms with Gasteiger partial charge in [-0.2, -0.15) is 0 Å². The van der Waals surface area contributed by atoms with E-state index in [2.05, 4.69) is 16.0 Å². The molecule has 1 heterocycles. The molecule has 1 aromatic carbocycles. The highest BCUT2D eigenvalue weighted by atomic mass is 16.5. The van der Waals surface area contributed by atoms with Crippen molar-refractivity contribution >= 4 is 17.5 Å². The molecule has 7 heteroatoms. The van der Waals surface area contributed by atoms with Crippen LogP contribution in [-0.4, -0.2) is 45.2 Å². The Morgan fingerprint density at radius 3 is 2.40 bits per heavy atom. The minimum absolute atomic E-state index is 0.114. The summed E-state index contributed by atoms with van der Waals surface area (Å²) < 4.78 is 10.3. The number of rotatable bonds is 4. The van der Waals surface area contributed by atoms with E-state index in [-0.39, 0.29) is 24.9 Å². The van der Waals surface area contributed by atoms with Crippen molar-refractivity contribution in [2.45, 2.75) is 6.04 Å². The van der Waals surface area contributed by atoms with Crippen LogP contribution in [0.1, 0.15) is 0 Å².